The number of aliphatic hydroxyl groups is 2. The third-order valence-electron chi connectivity index (χ3n) is 3.03. The van der Waals surface area contributed by atoms with E-state index in [4.69, 9.17) is 5.11 Å². The summed E-state index contributed by atoms with van der Waals surface area (Å²) >= 11 is 0. The van der Waals surface area contributed by atoms with Gasteiger partial charge in [-0.25, -0.2) is 9.97 Å². The van der Waals surface area contributed by atoms with Crippen LogP contribution in [0.25, 0.3) is 0 Å². The van der Waals surface area contributed by atoms with E-state index in [2.05, 4.69) is 20.6 Å². The molecule has 1 heterocycles. The minimum Gasteiger partial charge on any atom is -0.393 e. The van der Waals surface area contributed by atoms with Crippen LogP contribution in [0.4, 0.5) is 11.6 Å². The van der Waals surface area contributed by atoms with Gasteiger partial charge in [0.15, 0.2) is 0 Å². The first-order valence-corrected chi connectivity index (χ1v) is 6.74. The van der Waals surface area contributed by atoms with Crippen LogP contribution in [0.5, 0.6) is 0 Å². The zero-order chi connectivity index (χ0) is 15.6. The molecule has 0 fully saturated rings. The first-order valence-electron chi connectivity index (χ1n) is 6.74. The van der Waals surface area contributed by atoms with Crippen molar-refractivity contribution in [2.75, 3.05) is 30.8 Å². The Morgan fingerprint density at radius 2 is 1.65 bits per heavy atom. The molecule has 0 aliphatic rings. The van der Waals surface area contributed by atoms with Gasteiger partial charge in [-0.05, 0) is 13.8 Å². The molecule has 1 atom stereocenters. The summed E-state index contributed by atoms with van der Waals surface area (Å²) in [6.07, 6.45) is 0. The second kappa shape index (κ2) is 5.93. The molecule has 1 aromatic rings. The van der Waals surface area contributed by atoms with Crippen LogP contribution in [-0.4, -0.2) is 46.0 Å². The summed E-state index contributed by atoms with van der Waals surface area (Å²) in [5.41, 5.74) is -0.469. The lowest BCUT2D eigenvalue weighted by atomic mass is 9.95. The predicted octanol–water partition coefficient (Wildman–Crippen LogP) is 1.28. The van der Waals surface area contributed by atoms with Crippen molar-refractivity contribution in [2.45, 2.75) is 45.6 Å². The molecule has 0 aromatic carbocycles. The van der Waals surface area contributed by atoms with E-state index in [9.17, 15) is 5.11 Å². The minimum absolute atomic E-state index is 0.171. The Balaban J connectivity index is 3.12. The molecule has 0 saturated carbocycles. The SMILES string of the molecule is CNc1nc(C(C)(C)C)nc(NCC(C)(O)CO)c1C. The molecule has 0 radical (unpaired) electrons. The Bertz CT molecular complexity index is 467. The third-order valence-corrected chi connectivity index (χ3v) is 3.03. The van der Waals surface area contributed by atoms with E-state index < -0.39 is 5.60 Å². The van der Waals surface area contributed by atoms with Crippen molar-refractivity contribution in [1.29, 1.82) is 0 Å². The van der Waals surface area contributed by atoms with E-state index in [0.29, 0.717) is 5.82 Å². The highest BCUT2D eigenvalue weighted by molar-refractivity contribution is 5.57. The predicted molar refractivity (Wildman–Crippen MR) is 81.2 cm³/mol. The normalized spacial score (nSPS) is 14.8. The molecule has 1 unspecified atom stereocenters. The fraction of sp³-hybridized carbons (Fsp3) is 0.714. The summed E-state index contributed by atoms with van der Waals surface area (Å²) < 4.78 is 0. The lowest BCUT2D eigenvalue weighted by Gasteiger charge is -2.24. The van der Waals surface area contributed by atoms with Crippen molar-refractivity contribution < 1.29 is 10.2 Å². The maximum Gasteiger partial charge on any atom is 0.138 e. The fourth-order valence-corrected chi connectivity index (χ4v) is 1.60. The molecule has 1 rings (SSSR count). The summed E-state index contributed by atoms with van der Waals surface area (Å²) in [7, 11) is 1.81. The van der Waals surface area contributed by atoms with Crippen molar-refractivity contribution in [1.82, 2.24) is 9.97 Å². The summed E-state index contributed by atoms with van der Waals surface area (Å²) in [6, 6.07) is 0. The summed E-state index contributed by atoms with van der Waals surface area (Å²) in [6.45, 7) is 9.53. The van der Waals surface area contributed by atoms with Gasteiger partial charge in [0.25, 0.3) is 0 Å². The molecule has 1 aromatic heterocycles. The van der Waals surface area contributed by atoms with Gasteiger partial charge in [-0.2, -0.15) is 0 Å². The van der Waals surface area contributed by atoms with Gasteiger partial charge in [0.1, 0.15) is 23.1 Å². The second-order valence-electron chi connectivity index (χ2n) is 6.38. The molecule has 0 aliphatic heterocycles. The molecule has 6 nitrogen and oxygen atoms in total. The van der Waals surface area contributed by atoms with Crippen LogP contribution in [-0.2, 0) is 5.41 Å². The topological polar surface area (TPSA) is 90.3 Å². The van der Waals surface area contributed by atoms with Crippen molar-refractivity contribution in [3.05, 3.63) is 11.4 Å². The van der Waals surface area contributed by atoms with Crippen LogP contribution in [0.3, 0.4) is 0 Å². The van der Waals surface area contributed by atoms with Crippen LogP contribution in [0.1, 0.15) is 39.1 Å². The highest BCUT2D eigenvalue weighted by Gasteiger charge is 2.23. The molecule has 4 N–H and O–H groups in total. The smallest absolute Gasteiger partial charge is 0.138 e. The average Bonchev–Trinajstić information content (AvgIpc) is 2.36. The number of aliphatic hydroxyl groups excluding tert-OH is 1. The molecule has 0 aliphatic carbocycles. The number of aromatic nitrogens is 2. The summed E-state index contributed by atoms with van der Waals surface area (Å²) in [5, 5.41) is 25.1. The third kappa shape index (κ3) is 4.05. The number of nitrogens with one attached hydrogen (secondary N) is 2. The van der Waals surface area contributed by atoms with Gasteiger partial charge < -0.3 is 20.8 Å². The van der Waals surface area contributed by atoms with E-state index in [1.54, 1.807) is 6.92 Å². The Hall–Kier alpha value is -1.40. The summed E-state index contributed by atoms with van der Waals surface area (Å²) in [5.74, 6) is 2.15. The number of hydrogen-bond donors (Lipinski definition) is 4. The maximum atomic E-state index is 9.86. The van der Waals surface area contributed by atoms with E-state index >= 15 is 0 Å². The van der Waals surface area contributed by atoms with Gasteiger partial charge in [-0.1, -0.05) is 20.8 Å². The number of rotatable bonds is 5. The molecule has 114 valence electrons. The zero-order valence-electron chi connectivity index (χ0n) is 13.2. The van der Waals surface area contributed by atoms with E-state index in [-0.39, 0.29) is 18.6 Å². The molecule has 0 spiro atoms. The largest absolute Gasteiger partial charge is 0.393 e. The molecule has 0 amide bonds. The van der Waals surface area contributed by atoms with Gasteiger partial charge in [0.2, 0.25) is 0 Å². The molecule has 6 heteroatoms. The van der Waals surface area contributed by atoms with Gasteiger partial charge in [-0.3, -0.25) is 0 Å². The Morgan fingerprint density at radius 3 is 2.10 bits per heavy atom. The van der Waals surface area contributed by atoms with E-state index in [0.717, 1.165) is 17.2 Å². The average molecular weight is 282 g/mol. The summed E-state index contributed by atoms with van der Waals surface area (Å²) in [4.78, 5) is 9.05. The van der Waals surface area contributed by atoms with Gasteiger partial charge >= 0.3 is 0 Å². The molecular formula is C14H26N4O2. The Kier molecular flexibility index (Phi) is 4.94. The Morgan fingerprint density at radius 1 is 1.10 bits per heavy atom. The van der Waals surface area contributed by atoms with Crippen LogP contribution < -0.4 is 10.6 Å². The highest BCUT2D eigenvalue weighted by Crippen LogP contribution is 2.26. The molecule has 0 saturated heterocycles. The maximum absolute atomic E-state index is 9.86. The quantitative estimate of drug-likeness (QED) is 0.650. The van der Waals surface area contributed by atoms with Gasteiger partial charge in [-0.15, -0.1) is 0 Å². The molecule has 20 heavy (non-hydrogen) atoms. The lowest BCUT2D eigenvalue weighted by molar-refractivity contribution is 0.0131. The standard InChI is InChI=1S/C14H26N4O2/c1-9-10(15-6)17-12(13(2,3)4)18-11(9)16-7-14(5,20)8-19/h19-20H,7-8H2,1-6H3,(H2,15,16,17,18). The van der Waals surface area contributed by atoms with Crippen LogP contribution in [0.15, 0.2) is 0 Å². The fourth-order valence-electron chi connectivity index (χ4n) is 1.60. The monoisotopic (exact) mass is 282 g/mol. The van der Waals surface area contributed by atoms with Gasteiger partial charge in [0, 0.05) is 24.6 Å². The van der Waals surface area contributed by atoms with Crippen molar-refractivity contribution in [2.24, 2.45) is 0 Å². The van der Waals surface area contributed by atoms with E-state index in [1.807, 2.05) is 34.7 Å². The number of anilines is 2. The minimum atomic E-state index is -1.18. The van der Waals surface area contributed by atoms with Crippen LogP contribution in [0, 0.1) is 6.92 Å². The first-order chi connectivity index (χ1) is 9.10. The highest BCUT2D eigenvalue weighted by atomic mass is 16.3. The number of hydrogen-bond acceptors (Lipinski definition) is 6. The van der Waals surface area contributed by atoms with Crippen molar-refractivity contribution in [3.8, 4) is 0 Å². The van der Waals surface area contributed by atoms with E-state index in [1.165, 1.54) is 0 Å². The van der Waals surface area contributed by atoms with Crippen LogP contribution >= 0.6 is 0 Å². The lowest BCUT2D eigenvalue weighted by Crippen LogP contribution is -2.37. The van der Waals surface area contributed by atoms with Gasteiger partial charge in [0.05, 0.1) is 6.61 Å². The van der Waals surface area contributed by atoms with Crippen LogP contribution in [0.2, 0.25) is 0 Å². The molecule has 0 bridgehead atoms. The van der Waals surface area contributed by atoms with Crippen molar-refractivity contribution >= 4 is 11.6 Å². The molecular weight excluding hydrogens is 256 g/mol. The van der Waals surface area contributed by atoms with Crippen molar-refractivity contribution in [3.63, 3.8) is 0 Å². The first kappa shape index (κ1) is 16.7. The second-order valence-corrected chi connectivity index (χ2v) is 6.38. The Labute approximate surface area is 120 Å². The number of nitrogens with zero attached hydrogens (tertiary/aromatic N) is 2. The zero-order valence-corrected chi connectivity index (χ0v) is 13.2.